The van der Waals surface area contributed by atoms with Crippen molar-refractivity contribution < 1.29 is 34.8 Å². The third-order valence-electron chi connectivity index (χ3n) is 6.28. The fourth-order valence-corrected chi connectivity index (χ4v) is 7.31. The molecule has 3 aromatic rings. The third-order valence-corrected chi connectivity index (χ3v) is 10.3. The second-order valence-corrected chi connectivity index (χ2v) is 13.4. The minimum atomic E-state index is -4.87. The lowest BCUT2D eigenvalue weighted by atomic mass is 10.2. The average Bonchev–Trinajstić information content (AvgIpc) is 3.44. The van der Waals surface area contributed by atoms with E-state index < -0.39 is 54.9 Å². The lowest BCUT2D eigenvalue weighted by Gasteiger charge is -2.25. The monoisotopic (exact) mass is 615 g/mol. The zero-order valence-corrected chi connectivity index (χ0v) is 23.5. The predicted molar refractivity (Wildman–Crippen MR) is 145 cm³/mol. The molecule has 214 valence electrons. The molecular formula is C26H25ClF3N3O5S2. The van der Waals surface area contributed by atoms with Crippen LogP contribution in [0, 0.1) is 6.92 Å². The number of nitrogens with zero attached hydrogens (tertiary/aromatic N) is 2. The molecule has 0 unspecified atom stereocenters. The van der Waals surface area contributed by atoms with Crippen LogP contribution in [0.2, 0.25) is 5.02 Å². The van der Waals surface area contributed by atoms with Gasteiger partial charge in [-0.1, -0.05) is 29.3 Å². The van der Waals surface area contributed by atoms with Gasteiger partial charge >= 0.3 is 6.18 Å². The highest BCUT2D eigenvalue weighted by atomic mass is 35.5. The van der Waals surface area contributed by atoms with Crippen molar-refractivity contribution in [3.63, 3.8) is 0 Å². The van der Waals surface area contributed by atoms with Crippen LogP contribution in [0.25, 0.3) is 0 Å². The Morgan fingerprint density at radius 1 is 0.925 bits per heavy atom. The van der Waals surface area contributed by atoms with E-state index in [0.29, 0.717) is 23.5 Å². The normalized spacial score (nSPS) is 14.7. The molecule has 1 heterocycles. The maximum absolute atomic E-state index is 13.5. The zero-order chi connectivity index (χ0) is 29.3. The number of hydrogen-bond donors (Lipinski definition) is 1. The molecule has 0 atom stereocenters. The van der Waals surface area contributed by atoms with Crippen molar-refractivity contribution in [2.75, 3.05) is 29.3 Å². The smallest absolute Gasteiger partial charge is 0.325 e. The van der Waals surface area contributed by atoms with Crippen LogP contribution in [-0.4, -0.2) is 46.7 Å². The van der Waals surface area contributed by atoms with Gasteiger partial charge in [-0.3, -0.25) is 9.10 Å². The van der Waals surface area contributed by atoms with Gasteiger partial charge in [0.1, 0.15) is 6.54 Å². The molecule has 0 radical (unpaired) electrons. The summed E-state index contributed by atoms with van der Waals surface area (Å²) in [5.74, 6) is -0.866. The van der Waals surface area contributed by atoms with Crippen LogP contribution in [0.1, 0.15) is 24.0 Å². The number of alkyl halides is 3. The Labute approximate surface area is 235 Å². The number of carbonyl (C=O) groups excluding carboxylic acids is 1. The molecule has 1 amide bonds. The summed E-state index contributed by atoms with van der Waals surface area (Å²) in [5, 5.41) is 1.85. The van der Waals surface area contributed by atoms with E-state index in [4.69, 9.17) is 11.6 Å². The number of halogens is 4. The number of rotatable bonds is 8. The highest BCUT2D eigenvalue weighted by Crippen LogP contribution is 2.38. The van der Waals surface area contributed by atoms with Gasteiger partial charge in [-0.2, -0.15) is 17.5 Å². The molecular weight excluding hydrogens is 591 g/mol. The number of benzene rings is 3. The Balaban J connectivity index is 1.63. The van der Waals surface area contributed by atoms with Crippen molar-refractivity contribution in [3.8, 4) is 0 Å². The van der Waals surface area contributed by atoms with Gasteiger partial charge in [-0.05, 0) is 74.4 Å². The summed E-state index contributed by atoms with van der Waals surface area (Å²) >= 11 is 5.72. The Hall–Kier alpha value is -3.13. The lowest BCUT2D eigenvalue weighted by molar-refractivity contribution is -0.137. The minimum absolute atomic E-state index is 0.0387. The van der Waals surface area contributed by atoms with Crippen LogP contribution in [0.15, 0.2) is 76.5 Å². The van der Waals surface area contributed by atoms with Crippen molar-refractivity contribution in [1.82, 2.24) is 4.31 Å². The average molecular weight is 616 g/mol. The molecule has 1 aliphatic rings. The Morgan fingerprint density at radius 2 is 1.50 bits per heavy atom. The second kappa shape index (κ2) is 11.4. The number of hydrogen-bond acceptors (Lipinski definition) is 5. The highest BCUT2D eigenvalue weighted by molar-refractivity contribution is 7.92. The summed E-state index contributed by atoms with van der Waals surface area (Å²) < 4.78 is 95.1. The van der Waals surface area contributed by atoms with Crippen LogP contribution < -0.4 is 9.62 Å². The van der Waals surface area contributed by atoms with Crippen molar-refractivity contribution in [2.24, 2.45) is 0 Å². The van der Waals surface area contributed by atoms with E-state index in [1.54, 1.807) is 6.92 Å². The summed E-state index contributed by atoms with van der Waals surface area (Å²) in [5.41, 5.74) is -0.750. The van der Waals surface area contributed by atoms with Gasteiger partial charge in [0.2, 0.25) is 15.9 Å². The number of carbonyl (C=O) groups is 1. The molecule has 14 heteroatoms. The predicted octanol–water partition coefficient (Wildman–Crippen LogP) is 5.29. The van der Waals surface area contributed by atoms with E-state index >= 15 is 0 Å². The maximum Gasteiger partial charge on any atom is 0.417 e. The van der Waals surface area contributed by atoms with Crippen molar-refractivity contribution in [1.29, 1.82) is 0 Å². The quantitative estimate of drug-likeness (QED) is 0.371. The summed E-state index contributed by atoms with van der Waals surface area (Å²) in [4.78, 5) is 12.8. The fraction of sp³-hybridized carbons (Fsp3) is 0.269. The highest BCUT2D eigenvalue weighted by Gasteiger charge is 2.35. The van der Waals surface area contributed by atoms with Crippen LogP contribution in [-0.2, 0) is 31.0 Å². The second-order valence-electron chi connectivity index (χ2n) is 9.17. The van der Waals surface area contributed by atoms with Crippen molar-refractivity contribution >= 4 is 48.9 Å². The molecule has 0 aliphatic carbocycles. The lowest BCUT2D eigenvalue weighted by Crippen LogP contribution is -2.38. The number of aryl methyl sites for hydroxylation is 1. The van der Waals surface area contributed by atoms with Gasteiger partial charge in [0.15, 0.2) is 0 Å². The van der Waals surface area contributed by atoms with Gasteiger partial charge < -0.3 is 5.32 Å². The van der Waals surface area contributed by atoms with Crippen molar-refractivity contribution in [2.45, 2.75) is 35.7 Å². The van der Waals surface area contributed by atoms with Gasteiger partial charge in [-0.25, -0.2) is 16.8 Å². The molecule has 4 rings (SSSR count). The molecule has 1 aliphatic heterocycles. The van der Waals surface area contributed by atoms with Crippen molar-refractivity contribution in [3.05, 3.63) is 82.9 Å². The van der Waals surface area contributed by atoms with Crippen LogP contribution in [0.4, 0.5) is 24.5 Å². The zero-order valence-electron chi connectivity index (χ0n) is 21.2. The largest absolute Gasteiger partial charge is 0.417 e. The summed E-state index contributed by atoms with van der Waals surface area (Å²) in [6.07, 6.45) is -3.33. The van der Waals surface area contributed by atoms with Gasteiger partial charge in [-0.15, -0.1) is 0 Å². The van der Waals surface area contributed by atoms with E-state index in [1.165, 1.54) is 52.8 Å². The standard InChI is InChI=1S/C26H25ClF3N3O5S2/c1-18-4-9-22(10-5-18)40(37,38)33(20-8-13-24(27)23(16-20)26(28,29)30)17-25(34)31-19-6-11-21(12-7-19)39(35,36)32-14-2-3-15-32/h4-13,16H,2-3,14-15,17H2,1H3,(H,31,34). The number of sulfonamides is 2. The van der Waals surface area contributed by atoms with Gasteiger partial charge in [0.05, 0.1) is 26.1 Å². The SMILES string of the molecule is Cc1ccc(S(=O)(=O)N(CC(=O)Nc2ccc(S(=O)(=O)N3CCCC3)cc2)c2ccc(Cl)c(C(F)(F)F)c2)cc1. The summed E-state index contributed by atoms with van der Waals surface area (Å²) in [6, 6.07) is 13.5. The van der Waals surface area contributed by atoms with E-state index in [0.717, 1.165) is 30.5 Å². The molecule has 0 spiro atoms. The van der Waals surface area contributed by atoms with Crippen LogP contribution in [0.5, 0.6) is 0 Å². The van der Waals surface area contributed by atoms with Gasteiger partial charge in [0, 0.05) is 18.8 Å². The van der Waals surface area contributed by atoms with Crippen LogP contribution >= 0.6 is 11.6 Å². The molecule has 3 aromatic carbocycles. The number of amides is 1. The van der Waals surface area contributed by atoms with E-state index in [2.05, 4.69) is 5.32 Å². The van der Waals surface area contributed by atoms with E-state index in [1.807, 2.05) is 0 Å². The fourth-order valence-electron chi connectivity index (χ4n) is 4.16. The molecule has 0 bridgehead atoms. The summed E-state index contributed by atoms with van der Waals surface area (Å²) in [7, 11) is -8.17. The molecule has 1 N–H and O–H groups in total. The first-order chi connectivity index (χ1) is 18.7. The molecule has 40 heavy (non-hydrogen) atoms. The molecule has 1 fully saturated rings. The Bertz CT molecular complexity index is 1610. The van der Waals surface area contributed by atoms with Gasteiger partial charge in [0.25, 0.3) is 10.0 Å². The minimum Gasteiger partial charge on any atom is -0.325 e. The Morgan fingerprint density at radius 3 is 2.08 bits per heavy atom. The summed E-state index contributed by atoms with van der Waals surface area (Å²) in [6.45, 7) is 1.71. The van der Waals surface area contributed by atoms with E-state index in [9.17, 15) is 34.8 Å². The maximum atomic E-state index is 13.5. The number of nitrogens with one attached hydrogen (secondary N) is 1. The first-order valence-electron chi connectivity index (χ1n) is 12.1. The number of anilines is 2. The first kappa shape index (κ1) is 29.8. The molecule has 1 saturated heterocycles. The third kappa shape index (κ3) is 6.43. The molecule has 0 aromatic heterocycles. The van der Waals surface area contributed by atoms with Crippen LogP contribution in [0.3, 0.4) is 0 Å². The molecule has 0 saturated carbocycles. The topological polar surface area (TPSA) is 104 Å². The Kier molecular flexibility index (Phi) is 8.50. The first-order valence-corrected chi connectivity index (χ1v) is 15.3. The molecule has 8 nitrogen and oxygen atoms in total. The van der Waals surface area contributed by atoms with E-state index in [-0.39, 0.29) is 15.5 Å².